The standard InChI is InChI=1S/C14H21F2NO/c1-10(2)18-12-7-5-11(6-8-12)14(15,16)13(3,4)9-17/h5-8,10H,9,17H2,1-4H3. The lowest BCUT2D eigenvalue weighted by Crippen LogP contribution is -2.40. The third-order valence-electron chi connectivity index (χ3n) is 2.95. The van der Waals surface area contributed by atoms with Crippen LogP contribution in [-0.2, 0) is 5.92 Å². The fourth-order valence-corrected chi connectivity index (χ4v) is 1.53. The van der Waals surface area contributed by atoms with Crippen molar-refractivity contribution in [3.05, 3.63) is 29.8 Å². The molecule has 18 heavy (non-hydrogen) atoms. The molecule has 4 heteroatoms. The number of hydrogen-bond acceptors (Lipinski definition) is 2. The van der Waals surface area contributed by atoms with Crippen molar-refractivity contribution in [1.29, 1.82) is 0 Å². The van der Waals surface area contributed by atoms with Crippen molar-refractivity contribution in [3.8, 4) is 5.75 Å². The molecule has 0 amide bonds. The second kappa shape index (κ2) is 5.22. The smallest absolute Gasteiger partial charge is 0.279 e. The molecule has 2 nitrogen and oxygen atoms in total. The lowest BCUT2D eigenvalue weighted by molar-refractivity contribution is -0.108. The van der Waals surface area contributed by atoms with Gasteiger partial charge in [-0.3, -0.25) is 0 Å². The van der Waals surface area contributed by atoms with Crippen LogP contribution in [0.3, 0.4) is 0 Å². The molecule has 0 aliphatic heterocycles. The van der Waals surface area contributed by atoms with Gasteiger partial charge in [0.05, 0.1) is 6.10 Å². The molecule has 0 radical (unpaired) electrons. The summed E-state index contributed by atoms with van der Waals surface area (Å²) in [7, 11) is 0. The molecule has 0 aromatic heterocycles. The van der Waals surface area contributed by atoms with Crippen molar-refractivity contribution >= 4 is 0 Å². The van der Waals surface area contributed by atoms with Crippen LogP contribution in [0.4, 0.5) is 8.78 Å². The molecule has 0 spiro atoms. The van der Waals surface area contributed by atoms with Crippen LogP contribution in [0, 0.1) is 5.41 Å². The first-order chi connectivity index (χ1) is 8.20. The molecule has 0 aliphatic rings. The number of halogens is 2. The molecule has 0 unspecified atom stereocenters. The molecular formula is C14H21F2NO. The highest BCUT2D eigenvalue weighted by molar-refractivity contribution is 5.31. The first-order valence-electron chi connectivity index (χ1n) is 6.06. The fraction of sp³-hybridized carbons (Fsp3) is 0.571. The highest BCUT2D eigenvalue weighted by Gasteiger charge is 2.47. The van der Waals surface area contributed by atoms with Gasteiger partial charge in [0.2, 0.25) is 0 Å². The maximum atomic E-state index is 14.2. The van der Waals surface area contributed by atoms with Crippen molar-refractivity contribution in [3.63, 3.8) is 0 Å². The molecule has 0 fully saturated rings. The Morgan fingerprint density at radius 3 is 2.06 bits per heavy atom. The molecule has 1 aromatic rings. The van der Waals surface area contributed by atoms with Gasteiger partial charge in [-0.05, 0) is 38.1 Å². The third kappa shape index (κ3) is 2.99. The predicted molar refractivity (Wildman–Crippen MR) is 68.9 cm³/mol. The van der Waals surface area contributed by atoms with Crippen molar-refractivity contribution in [2.45, 2.75) is 39.7 Å². The minimum absolute atomic E-state index is 0.0249. The minimum Gasteiger partial charge on any atom is -0.491 e. The van der Waals surface area contributed by atoms with E-state index in [0.717, 1.165) is 0 Å². The average molecular weight is 257 g/mol. The molecule has 102 valence electrons. The molecule has 0 heterocycles. The number of benzene rings is 1. The molecule has 1 aromatic carbocycles. The quantitative estimate of drug-likeness (QED) is 0.875. The largest absolute Gasteiger partial charge is 0.491 e. The maximum Gasteiger partial charge on any atom is 0.279 e. The molecule has 2 N–H and O–H groups in total. The van der Waals surface area contributed by atoms with Gasteiger partial charge in [0.25, 0.3) is 5.92 Å². The van der Waals surface area contributed by atoms with E-state index < -0.39 is 11.3 Å². The SMILES string of the molecule is CC(C)Oc1ccc(C(F)(F)C(C)(C)CN)cc1. The Hall–Kier alpha value is -1.16. The summed E-state index contributed by atoms with van der Waals surface area (Å²) >= 11 is 0. The zero-order chi connectivity index (χ0) is 14.0. The van der Waals surface area contributed by atoms with E-state index in [1.54, 1.807) is 12.1 Å². The highest BCUT2D eigenvalue weighted by atomic mass is 19.3. The lowest BCUT2D eigenvalue weighted by Gasteiger charge is -2.33. The zero-order valence-corrected chi connectivity index (χ0v) is 11.3. The van der Waals surface area contributed by atoms with E-state index in [4.69, 9.17) is 10.5 Å². The summed E-state index contributed by atoms with van der Waals surface area (Å²) in [6.07, 6.45) is 0.0249. The number of ether oxygens (including phenoxy) is 1. The third-order valence-corrected chi connectivity index (χ3v) is 2.95. The highest BCUT2D eigenvalue weighted by Crippen LogP contribution is 2.44. The van der Waals surface area contributed by atoms with Gasteiger partial charge < -0.3 is 10.5 Å². The summed E-state index contributed by atoms with van der Waals surface area (Å²) in [5.74, 6) is -2.37. The van der Waals surface area contributed by atoms with E-state index >= 15 is 0 Å². The Morgan fingerprint density at radius 1 is 1.17 bits per heavy atom. The van der Waals surface area contributed by atoms with Crippen LogP contribution in [0.5, 0.6) is 5.75 Å². The Morgan fingerprint density at radius 2 is 1.67 bits per heavy atom. The fourth-order valence-electron chi connectivity index (χ4n) is 1.53. The summed E-state index contributed by atoms with van der Waals surface area (Å²) < 4.78 is 33.8. The van der Waals surface area contributed by atoms with Crippen LogP contribution in [0.2, 0.25) is 0 Å². The summed E-state index contributed by atoms with van der Waals surface area (Å²) in [6, 6.07) is 5.93. The lowest BCUT2D eigenvalue weighted by atomic mass is 9.81. The Bertz CT molecular complexity index is 385. The van der Waals surface area contributed by atoms with Gasteiger partial charge in [-0.25, -0.2) is 8.78 Å². The second-order valence-electron chi connectivity index (χ2n) is 5.35. The van der Waals surface area contributed by atoms with Crippen LogP contribution in [0.1, 0.15) is 33.3 Å². The number of alkyl halides is 2. The number of hydrogen-bond donors (Lipinski definition) is 1. The topological polar surface area (TPSA) is 35.2 Å². The number of rotatable bonds is 5. The van der Waals surface area contributed by atoms with Crippen molar-refractivity contribution in [2.24, 2.45) is 11.1 Å². The van der Waals surface area contributed by atoms with Crippen LogP contribution in [-0.4, -0.2) is 12.6 Å². The zero-order valence-electron chi connectivity index (χ0n) is 11.3. The van der Waals surface area contributed by atoms with Gasteiger partial charge in [-0.2, -0.15) is 0 Å². The van der Waals surface area contributed by atoms with Crippen LogP contribution < -0.4 is 10.5 Å². The van der Waals surface area contributed by atoms with Crippen molar-refractivity contribution in [2.75, 3.05) is 6.54 Å². The molecular weight excluding hydrogens is 236 g/mol. The molecule has 0 atom stereocenters. The van der Waals surface area contributed by atoms with E-state index in [2.05, 4.69) is 0 Å². The number of nitrogens with two attached hydrogens (primary N) is 1. The van der Waals surface area contributed by atoms with E-state index in [9.17, 15) is 8.78 Å². The van der Waals surface area contributed by atoms with Gasteiger partial charge in [0, 0.05) is 17.5 Å². The monoisotopic (exact) mass is 257 g/mol. The van der Waals surface area contributed by atoms with E-state index in [1.807, 2.05) is 13.8 Å². The van der Waals surface area contributed by atoms with Gasteiger partial charge in [0.15, 0.2) is 0 Å². The Kier molecular flexibility index (Phi) is 4.32. The van der Waals surface area contributed by atoms with Crippen LogP contribution in [0.25, 0.3) is 0 Å². The first-order valence-corrected chi connectivity index (χ1v) is 6.06. The average Bonchev–Trinajstić information content (AvgIpc) is 2.28. The van der Waals surface area contributed by atoms with Crippen molar-refractivity contribution in [1.82, 2.24) is 0 Å². The minimum atomic E-state index is -2.96. The summed E-state index contributed by atoms with van der Waals surface area (Å²) in [5, 5.41) is 0. The van der Waals surface area contributed by atoms with Gasteiger partial charge in [0.1, 0.15) is 5.75 Å². The summed E-state index contributed by atoms with van der Waals surface area (Å²) in [5.41, 5.74) is 4.12. The molecule has 0 saturated carbocycles. The Labute approximate surface area is 107 Å². The van der Waals surface area contributed by atoms with Crippen LogP contribution in [0.15, 0.2) is 24.3 Å². The molecule has 1 rings (SSSR count). The first kappa shape index (κ1) is 14.9. The predicted octanol–water partition coefficient (Wildman–Crippen LogP) is 3.55. The summed E-state index contributed by atoms with van der Waals surface area (Å²) in [4.78, 5) is 0. The van der Waals surface area contributed by atoms with E-state index in [-0.39, 0.29) is 18.2 Å². The normalized spacial score (nSPS) is 12.9. The van der Waals surface area contributed by atoms with Gasteiger partial charge in [-0.1, -0.05) is 13.8 Å². The second-order valence-corrected chi connectivity index (χ2v) is 5.35. The van der Waals surface area contributed by atoms with Crippen molar-refractivity contribution < 1.29 is 13.5 Å². The van der Waals surface area contributed by atoms with E-state index in [1.165, 1.54) is 26.0 Å². The van der Waals surface area contributed by atoms with Gasteiger partial charge >= 0.3 is 0 Å². The maximum absolute atomic E-state index is 14.2. The Balaban J connectivity index is 2.97. The van der Waals surface area contributed by atoms with E-state index in [0.29, 0.717) is 5.75 Å². The summed E-state index contributed by atoms with van der Waals surface area (Å²) in [6.45, 7) is 6.63. The molecule has 0 saturated heterocycles. The molecule has 0 bridgehead atoms. The van der Waals surface area contributed by atoms with Gasteiger partial charge in [-0.15, -0.1) is 0 Å². The molecule has 0 aliphatic carbocycles. The van der Waals surface area contributed by atoms with Crippen LogP contribution >= 0.6 is 0 Å².